The van der Waals surface area contributed by atoms with Gasteiger partial charge in [-0.3, -0.25) is 0 Å². The number of halogens is 1. The van der Waals surface area contributed by atoms with Crippen LogP contribution >= 0.6 is 12.4 Å². The number of ether oxygens (including phenoxy) is 3. The van der Waals surface area contributed by atoms with Gasteiger partial charge in [0.25, 0.3) is 0 Å². The van der Waals surface area contributed by atoms with Gasteiger partial charge in [0.15, 0.2) is 11.5 Å². The molecule has 2 aromatic rings. The smallest absolute Gasteiger partial charge is 0.231 e. The van der Waals surface area contributed by atoms with E-state index < -0.39 is 12.1 Å². The van der Waals surface area contributed by atoms with Crippen molar-refractivity contribution in [2.24, 2.45) is 5.73 Å². The first kappa shape index (κ1) is 17.4. The normalized spacial score (nSPS) is 14.7. The summed E-state index contributed by atoms with van der Waals surface area (Å²) in [6, 6.07) is 12.8. The summed E-state index contributed by atoms with van der Waals surface area (Å²) in [6.45, 7) is 0.164. The van der Waals surface area contributed by atoms with Crippen molar-refractivity contribution in [3.05, 3.63) is 53.6 Å². The van der Waals surface area contributed by atoms with Gasteiger partial charge in [-0.15, -0.1) is 12.4 Å². The summed E-state index contributed by atoms with van der Waals surface area (Å²) >= 11 is 0. The zero-order chi connectivity index (χ0) is 15.5. The molecule has 3 rings (SSSR count). The lowest BCUT2D eigenvalue weighted by molar-refractivity contribution is 0.145. The van der Waals surface area contributed by atoms with Crippen molar-refractivity contribution in [2.75, 3.05) is 13.9 Å². The number of nitrogens with two attached hydrogens (primary N) is 1. The molecule has 0 fully saturated rings. The van der Waals surface area contributed by atoms with Gasteiger partial charge < -0.3 is 25.1 Å². The number of aliphatic hydroxyl groups excluding tert-OH is 1. The molecule has 0 saturated heterocycles. The summed E-state index contributed by atoms with van der Waals surface area (Å²) in [5.74, 6) is 1.74. The van der Waals surface area contributed by atoms with Crippen LogP contribution in [0.4, 0.5) is 0 Å². The van der Waals surface area contributed by atoms with Crippen molar-refractivity contribution in [1.29, 1.82) is 0 Å². The molecule has 124 valence electrons. The molecule has 0 saturated carbocycles. The molecule has 0 amide bonds. The number of benzene rings is 2. The Labute approximate surface area is 141 Å². The number of fused-ring (bicyclic) bond motifs is 1. The lowest BCUT2D eigenvalue weighted by atomic mass is 9.96. The van der Waals surface area contributed by atoms with Crippen LogP contribution in [-0.4, -0.2) is 25.1 Å². The standard InChI is InChI=1S/C17H19NO4.ClH/c1-20-14-8-12(9-15-17(14)22-10-21-15)16(18)13(19)7-11-5-3-2-4-6-11;/h2-6,8-9,13,16,19H,7,10,18H2,1H3;1H/t13-,16+;/m1./s1. The summed E-state index contributed by atoms with van der Waals surface area (Å²) in [4.78, 5) is 0. The largest absolute Gasteiger partial charge is 0.493 e. The number of methoxy groups -OCH3 is 1. The van der Waals surface area contributed by atoms with Crippen LogP contribution in [0.1, 0.15) is 17.2 Å². The van der Waals surface area contributed by atoms with Crippen molar-refractivity contribution in [3.63, 3.8) is 0 Å². The highest BCUT2D eigenvalue weighted by molar-refractivity contribution is 5.85. The molecule has 0 aliphatic carbocycles. The highest BCUT2D eigenvalue weighted by Crippen LogP contribution is 2.43. The van der Waals surface area contributed by atoms with Crippen molar-refractivity contribution < 1.29 is 19.3 Å². The van der Waals surface area contributed by atoms with Gasteiger partial charge in [-0.05, 0) is 23.3 Å². The van der Waals surface area contributed by atoms with Crippen LogP contribution in [0.3, 0.4) is 0 Å². The minimum Gasteiger partial charge on any atom is -0.493 e. The van der Waals surface area contributed by atoms with E-state index >= 15 is 0 Å². The summed E-state index contributed by atoms with van der Waals surface area (Å²) in [7, 11) is 1.56. The highest BCUT2D eigenvalue weighted by Gasteiger charge is 2.24. The predicted octanol–water partition coefficient (Wildman–Crippen LogP) is 2.45. The van der Waals surface area contributed by atoms with E-state index in [9.17, 15) is 5.11 Å². The van der Waals surface area contributed by atoms with Gasteiger partial charge >= 0.3 is 0 Å². The van der Waals surface area contributed by atoms with Gasteiger partial charge in [-0.1, -0.05) is 30.3 Å². The highest BCUT2D eigenvalue weighted by atomic mass is 35.5. The zero-order valence-electron chi connectivity index (χ0n) is 12.8. The Morgan fingerprint density at radius 2 is 1.96 bits per heavy atom. The van der Waals surface area contributed by atoms with Gasteiger partial charge in [0.05, 0.1) is 19.3 Å². The van der Waals surface area contributed by atoms with Crippen LogP contribution in [0.2, 0.25) is 0 Å². The molecule has 1 aliphatic heterocycles. The van der Waals surface area contributed by atoms with Gasteiger partial charge in [0.1, 0.15) is 0 Å². The molecule has 1 aliphatic rings. The van der Waals surface area contributed by atoms with E-state index in [0.717, 1.165) is 11.1 Å². The van der Waals surface area contributed by atoms with Gasteiger partial charge in [0.2, 0.25) is 12.5 Å². The maximum absolute atomic E-state index is 10.4. The average Bonchev–Trinajstić information content (AvgIpc) is 3.02. The third kappa shape index (κ3) is 3.69. The Bertz CT molecular complexity index is 651. The van der Waals surface area contributed by atoms with Crippen LogP contribution in [0.5, 0.6) is 17.2 Å². The number of hydrogen-bond donors (Lipinski definition) is 2. The van der Waals surface area contributed by atoms with Gasteiger partial charge in [-0.2, -0.15) is 0 Å². The molecule has 23 heavy (non-hydrogen) atoms. The fourth-order valence-electron chi connectivity index (χ4n) is 2.55. The first-order valence-corrected chi connectivity index (χ1v) is 7.14. The molecule has 2 atom stereocenters. The Balaban J connectivity index is 0.00000192. The van der Waals surface area contributed by atoms with E-state index in [-0.39, 0.29) is 19.2 Å². The fraction of sp³-hybridized carbons (Fsp3) is 0.294. The second-order valence-electron chi connectivity index (χ2n) is 5.24. The lowest BCUT2D eigenvalue weighted by Crippen LogP contribution is -2.28. The zero-order valence-corrected chi connectivity index (χ0v) is 13.6. The lowest BCUT2D eigenvalue weighted by Gasteiger charge is -2.20. The Hall–Kier alpha value is -1.95. The monoisotopic (exact) mass is 337 g/mol. The maximum Gasteiger partial charge on any atom is 0.231 e. The molecule has 2 aromatic carbocycles. The summed E-state index contributed by atoms with van der Waals surface area (Å²) in [5, 5.41) is 10.4. The summed E-state index contributed by atoms with van der Waals surface area (Å²) in [6.07, 6.45) is -0.217. The molecule has 1 heterocycles. The predicted molar refractivity (Wildman–Crippen MR) is 89.4 cm³/mol. The van der Waals surface area contributed by atoms with Gasteiger partial charge in [0, 0.05) is 6.42 Å². The molecular weight excluding hydrogens is 318 g/mol. The Morgan fingerprint density at radius 3 is 2.65 bits per heavy atom. The van der Waals surface area contributed by atoms with Crippen molar-refractivity contribution in [1.82, 2.24) is 0 Å². The number of aliphatic hydroxyl groups is 1. The summed E-state index contributed by atoms with van der Waals surface area (Å²) < 4.78 is 16.1. The average molecular weight is 338 g/mol. The van der Waals surface area contributed by atoms with E-state index in [0.29, 0.717) is 23.7 Å². The minimum atomic E-state index is -0.701. The van der Waals surface area contributed by atoms with Crippen molar-refractivity contribution in [3.8, 4) is 17.2 Å². The Morgan fingerprint density at radius 1 is 1.22 bits per heavy atom. The molecule has 0 aromatic heterocycles. The second kappa shape index (κ2) is 7.55. The SMILES string of the molecule is COc1cc([C@H](N)[C@H](O)Cc2ccccc2)cc2c1OCO2.Cl. The first-order valence-electron chi connectivity index (χ1n) is 7.14. The number of rotatable bonds is 5. The van der Waals surface area contributed by atoms with Gasteiger partial charge in [-0.25, -0.2) is 0 Å². The quantitative estimate of drug-likeness (QED) is 0.876. The fourth-order valence-corrected chi connectivity index (χ4v) is 2.55. The minimum absolute atomic E-state index is 0. The summed E-state index contributed by atoms with van der Waals surface area (Å²) in [5.41, 5.74) is 8.00. The number of hydrogen-bond acceptors (Lipinski definition) is 5. The van der Waals surface area contributed by atoms with Crippen LogP contribution in [0, 0.1) is 0 Å². The third-order valence-corrected chi connectivity index (χ3v) is 3.77. The van der Waals surface area contributed by atoms with Crippen LogP contribution in [0.15, 0.2) is 42.5 Å². The molecular formula is C17H20ClNO4. The molecule has 0 radical (unpaired) electrons. The first-order chi connectivity index (χ1) is 10.7. The van der Waals surface area contributed by atoms with E-state index in [1.165, 1.54) is 0 Å². The van der Waals surface area contributed by atoms with E-state index in [4.69, 9.17) is 19.9 Å². The van der Waals surface area contributed by atoms with E-state index in [1.54, 1.807) is 19.2 Å². The van der Waals surface area contributed by atoms with E-state index in [2.05, 4.69) is 0 Å². The van der Waals surface area contributed by atoms with Crippen molar-refractivity contribution >= 4 is 12.4 Å². The van der Waals surface area contributed by atoms with Crippen LogP contribution < -0.4 is 19.9 Å². The molecule has 3 N–H and O–H groups in total. The Kier molecular flexibility index (Phi) is 5.71. The third-order valence-electron chi connectivity index (χ3n) is 3.77. The van der Waals surface area contributed by atoms with E-state index in [1.807, 2.05) is 30.3 Å². The van der Waals surface area contributed by atoms with Crippen molar-refractivity contribution in [2.45, 2.75) is 18.6 Å². The van der Waals surface area contributed by atoms with Crippen LogP contribution in [0.25, 0.3) is 0 Å². The maximum atomic E-state index is 10.4. The molecule has 0 spiro atoms. The topological polar surface area (TPSA) is 73.9 Å². The second-order valence-corrected chi connectivity index (χ2v) is 5.24. The molecule has 6 heteroatoms. The van der Waals surface area contributed by atoms with Crippen LogP contribution in [-0.2, 0) is 6.42 Å². The molecule has 0 bridgehead atoms. The molecule has 5 nitrogen and oxygen atoms in total. The molecule has 0 unspecified atom stereocenters.